The second-order valence-electron chi connectivity index (χ2n) is 7.70. The van der Waals surface area contributed by atoms with Crippen molar-refractivity contribution in [1.29, 1.82) is 0 Å². The summed E-state index contributed by atoms with van der Waals surface area (Å²) in [6, 6.07) is -0.108. The highest BCUT2D eigenvalue weighted by Crippen LogP contribution is 2.61. The largest absolute Gasteiger partial charge is 0.401 e. The third-order valence-electron chi connectivity index (χ3n) is 5.83. The second kappa shape index (κ2) is 4.87. The molecule has 20 heavy (non-hydrogen) atoms. The van der Waals surface area contributed by atoms with Gasteiger partial charge in [0.1, 0.15) is 0 Å². The van der Waals surface area contributed by atoms with Crippen molar-refractivity contribution in [3.05, 3.63) is 0 Å². The minimum atomic E-state index is -4.13. The minimum Gasteiger partial charge on any atom is -0.326 e. The zero-order valence-corrected chi connectivity index (χ0v) is 12.1. The van der Waals surface area contributed by atoms with E-state index in [1.54, 1.807) is 0 Å². The number of hydrogen-bond acceptors (Lipinski definition) is 2. The van der Waals surface area contributed by atoms with Gasteiger partial charge in [-0.2, -0.15) is 13.2 Å². The van der Waals surface area contributed by atoms with E-state index in [0.717, 1.165) is 37.0 Å². The first-order valence-electron chi connectivity index (χ1n) is 7.77. The molecule has 0 aromatic heterocycles. The van der Waals surface area contributed by atoms with Crippen LogP contribution in [-0.4, -0.2) is 37.3 Å². The molecule has 0 saturated heterocycles. The van der Waals surface area contributed by atoms with Gasteiger partial charge in [-0.1, -0.05) is 0 Å². The molecule has 4 fully saturated rings. The van der Waals surface area contributed by atoms with E-state index < -0.39 is 12.7 Å². The topological polar surface area (TPSA) is 29.3 Å². The van der Waals surface area contributed by atoms with E-state index in [1.807, 2.05) is 0 Å². The molecule has 4 aliphatic rings. The zero-order chi connectivity index (χ0) is 14.5. The van der Waals surface area contributed by atoms with Crippen molar-refractivity contribution in [2.45, 2.75) is 50.7 Å². The van der Waals surface area contributed by atoms with Crippen molar-refractivity contribution in [3.8, 4) is 0 Å². The third kappa shape index (κ3) is 2.84. The molecule has 0 aromatic rings. The summed E-state index contributed by atoms with van der Waals surface area (Å²) in [7, 11) is 1.54. The average molecular weight is 290 g/mol. The van der Waals surface area contributed by atoms with Gasteiger partial charge in [0.05, 0.1) is 6.54 Å². The van der Waals surface area contributed by atoms with Crippen LogP contribution in [0.5, 0.6) is 0 Å². The minimum absolute atomic E-state index is 0.108. The maximum atomic E-state index is 12.4. The highest BCUT2D eigenvalue weighted by Gasteiger charge is 2.53. The number of halogens is 3. The van der Waals surface area contributed by atoms with Crippen LogP contribution < -0.4 is 5.73 Å². The molecule has 2 N–H and O–H groups in total. The first-order chi connectivity index (χ1) is 9.26. The second-order valence-corrected chi connectivity index (χ2v) is 7.70. The molecule has 4 rings (SSSR count). The van der Waals surface area contributed by atoms with Gasteiger partial charge in [-0.15, -0.1) is 0 Å². The van der Waals surface area contributed by atoms with Crippen molar-refractivity contribution < 1.29 is 13.2 Å². The van der Waals surface area contributed by atoms with Crippen molar-refractivity contribution in [1.82, 2.24) is 4.90 Å². The average Bonchev–Trinajstić information content (AvgIpc) is 2.23. The summed E-state index contributed by atoms with van der Waals surface area (Å²) in [5.74, 6) is 2.38. The monoisotopic (exact) mass is 290 g/mol. The summed E-state index contributed by atoms with van der Waals surface area (Å²) in [6.45, 7) is -0.487. The van der Waals surface area contributed by atoms with Crippen LogP contribution in [0.1, 0.15) is 38.5 Å². The molecule has 0 radical (unpaired) electrons. The molecule has 0 heterocycles. The Morgan fingerprint density at radius 3 is 1.95 bits per heavy atom. The lowest BCUT2D eigenvalue weighted by atomic mass is 9.48. The Kier molecular flexibility index (Phi) is 3.57. The highest BCUT2D eigenvalue weighted by molar-refractivity contribution is 5.05. The first kappa shape index (κ1) is 14.6. The Balaban J connectivity index is 1.63. The van der Waals surface area contributed by atoms with Gasteiger partial charge < -0.3 is 5.73 Å². The molecular formula is C15H25F3N2. The standard InChI is InChI=1S/C15H25F3N2/c1-20(9-15(16,17)18)8-13(19)14-5-10-2-11(6-14)4-12(3-10)7-14/h10-13H,2-9,19H2,1H3. The molecule has 4 bridgehead atoms. The molecule has 4 saturated carbocycles. The first-order valence-corrected chi connectivity index (χ1v) is 7.77. The van der Waals surface area contributed by atoms with E-state index in [4.69, 9.17) is 5.73 Å². The lowest BCUT2D eigenvalue weighted by molar-refractivity contribution is -0.146. The molecule has 2 nitrogen and oxygen atoms in total. The summed E-state index contributed by atoms with van der Waals surface area (Å²) < 4.78 is 37.3. The van der Waals surface area contributed by atoms with E-state index in [2.05, 4.69) is 0 Å². The normalized spacial score (nSPS) is 41.4. The zero-order valence-electron chi connectivity index (χ0n) is 12.1. The molecule has 0 aliphatic heterocycles. The van der Waals surface area contributed by atoms with E-state index in [1.165, 1.54) is 31.2 Å². The maximum absolute atomic E-state index is 12.4. The van der Waals surface area contributed by atoms with Crippen molar-refractivity contribution >= 4 is 0 Å². The smallest absolute Gasteiger partial charge is 0.326 e. The Hall–Kier alpha value is -0.290. The van der Waals surface area contributed by atoms with Gasteiger partial charge in [0.2, 0.25) is 0 Å². The van der Waals surface area contributed by atoms with E-state index in [0.29, 0.717) is 6.54 Å². The fraction of sp³-hybridized carbons (Fsp3) is 1.00. The van der Waals surface area contributed by atoms with Crippen LogP contribution in [0.3, 0.4) is 0 Å². The predicted molar refractivity (Wildman–Crippen MR) is 72.1 cm³/mol. The van der Waals surface area contributed by atoms with Gasteiger partial charge in [-0.05, 0) is 68.7 Å². The van der Waals surface area contributed by atoms with Crippen LogP contribution in [-0.2, 0) is 0 Å². The summed E-state index contributed by atoms with van der Waals surface area (Å²) >= 11 is 0. The van der Waals surface area contributed by atoms with Crippen LogP contribution in [0.2, 0.25) is 0 Å². The maximum Gasteiger partial charge on any atom is 0.401 e. The predicted octanol–water partition coefficient (Wildman–Crippen LogP) is 3.02. The van der Waals surface area contributed by atoms with Crippen molar-refractivity contribution in [3.63, 3.8) is 0 Å². The number of rotatable bonds is 4. The van der Waals surface area contributed by atoms with Crippen molar-refractivity contribution in [2.75, 3.05) is 20.1 Å². The van der Waals surface area contributed by atoms with Crippen molar-refractivity contribution in [2.24, 2.45) is 28.9 Å². The SMILES string of the molecule is CN(CC(N)C12CC3CC(CC(C3)C1)C2)CC(F)(F)F. The summed E-state index contributed by atoms with van der Waals surface area (Å²) in [4.78, 5) is 1.35. The third-order valence-corrected chi connectivity index (χ3v) is 5.83. The molecule has 0 spiro atoms. The Morgan fingerprint density at radius 1 is 1.10 bits per heavy atom. The highest BCUT2D eigenvalue weighted by atomic mass is 19.4. The van der Waals surface area contributed by atoms with Crippen LogP contribution in [0.25, 0.3) is 0 Å². The molecular weight excluding hydrogens is 265 g/mol. The number of likely N-dealkylation sites (N-methyl/N-ethyl adjacent to an activating group) is 1. The van der Waals surface area contributed by atoms with Crippen LogP contribution in [0.4, 0.5) is 13.2 Å². The molecule has 116 valence electrons. The van der Waals surface area contributed by atoms with Gasteiger partial charge in [-0.25, -0.2) is 0 Å². The Labute approximate surface area is 118 Å². The summed E-state index contributed by atoms with van der Waals surface area (Å²) in [5.41, 5.74) is 6.52. The molecule has 0 aromatic carbocycles. The van der Waals surface area contributed by atoms with Gasteiger partial charge >= 0.3 is 6.18 Å². The summed E-state index contributed by atoms with van der Waals surface area (Å²) in [6.07, 6.45) is 3.34. The lowest BCUT2D eigenvalue weighted by Crippen LogP contribution is -2.57. The summed E-state index contributed by atoms with van der Waals surface area (Å²) in [5, 5.41) is 0. The van der Waals surface area contributed by atoms with E-state index in [9.17, 15) is 13.2 Å². The number of nitrogens with two attached hydrogens (primary N) is 1. The van der Waals surface area contributed by atoms with Gasteiger partial charge in [0.15, 0.2) is 0 Å². The van der Waals surface area contributed by atoms with Crippen LogP contribution in [0.15, 0.2) is 0 Å². The molecule has 1 unspecified atom stereocenters. The Morgan fingerprint density at radius 2 is 1.55 bits per heavy atom. The fourth-order valence-electron chi connectivity index (χ4n) is 5.53. The lowest BCUT2D eigenvalue weighted by Gasteiger charge is -2.59. The quantitative estimate of drug-likeness (QED) is 0.862. The fourth-order valence-corrected chi connectivity index (χ4v) is 5.53. The number of hydrogen-bond donors (Lipinski definition) is 1. The van der Waals surface area contributed by atoms with Gasteiger partial charge in [-0.3, -0.25) is 4.90 Å². The van der Waals surface area contributed by atoms with E-state index >= 15 is 0 Å². The molecule has 1 atom stereocenters. The molecule has 0 amide bonds. The van der Waals surface area contributed by atoms with Crippen LogP contribution in [0, 0.1) is 23.2 Å². The number of alkyl halides is 3. The van der Waals surface area contributed by atoms with E-state index in [-0.39, 0.29) is 11.5 Å². The molecule has 5 heteroatoms. The van der Waals surface area contributed by atoms with Crippen LogP contribution >= 0.6 is 0 Å². The Bertz CT molecular complexity index is 331. The van der Waals surface area contributed by atoms with Gasteiger partial charge in [0.25, 0.3) is 0 Å². The van der Waals surface area contributed by atoms with Gasteiger partial charge in [0, 0.05) is 12.6 Å². The number of nitrogens with zero attached hydrogens (tertiary/aromatic N) is 1. The molecule has 4 aliphatic carbocycles.